The third-order valence-corrected chi connectivity index (χ3v) is 3.74. The second-order valence-corrected chi connectivity index (χ2v) is 4.92. The van der Waals surface area contributed by atoms with E-state index >= 15 is 0 Å². The molecule has 0 bridgehead atoms. The predicted molar refractivity (Wildman–Crippen MR) is 65.3 cm³/mol. The normalized spacial score (nSPS) is 19.6. The highest BCUT2D eigenvalue weighted by Gasteiger charge is 2.35. The molecule has 0 radical (unpaired) electrons. The molecule has 0 aliphatic heterocycles. The molecule has 0 aromatic heterocycles. The molecular weight excluding hydrogens is 202 g/mol. The van der Waals surface area contributed by atoms with Crippen molar-refractivity contribution in [3.63, 3.8) is 0 Å². The van der Waals surface area contributed by atoms with Crippen molar-refractivity contribution >= 4 is 5.97 Å². The Morgan fingerprint density at radius 3 is 2.56 bits per heavy atom. The van der Waals surface area contributed by atoms with Crippen LogP contribution in [0.5, 0.6) is 0 Å². The molecule has 0 aromatic carbocycles. The smallest absolute Gasteiger partial charge is 0.323 e. The first-order valence-electron chi connectivity index (χ1n) is 6.41. The average Bonchev–Trinajstić information content (AvgIpc) is 3.11. The van der Waals surface area contributed by atoms with Gasteiger partial charge in [0.1, 0.15) is 6.04 Å². The second kappa shape index (κ2) is 6.24. The summed E-state index contributed by atoms with van der Waals surface area (Å²) in [5.41, 5.74) is 0. The van der Waals surface area contributed by atoms with Crippen LogP contribution in [0.1, 0.15) is 46.0 Å². The minimum atomic E-state index is -0.0801. The molecule has 3 heteroatoms. The highest BCUT2D eigenvalue weighted by molar-refractivity contribution is 5.75. The molecule has 1 rings (SSSR count). The summed E-state index contributed by atoms with van der Waals surface area (Å²) in [7, 11) is 3.54. The molecule has 2 unspecified atom stereocenters. The minimum absolute atomic E-state index is 0.0550. The lowest BCUT2D eigenvalue weighted by molar-refractivity contribution is -0.147. The molecule has 0 saturated heterocycles. The van der Waals surface area contributed by atoms with E-state index in [1.807, 2.05) is 0 Å². The quantitative estimate of drug-likeness (QED) is 0.626. The van der Waals surface area contributed by atoms with Gasteiger partial charge in [-0.2, -0.15) is 0 Å². The van der Waals surface area contributed by atoms with Crippen LogP contribution in [0.4, 0.5) is 0 Å². The summed E-state index contributed by atoms with van der Waals surface area (Å²) in [6.07, 6.45) is 5.75. The third kappa shape index (κ3) is 3.48. The number of nitrogens with zero attached hydrogens (tertiary/aromatic N) is 1. The van der Waals surface area contributed by atoms with Crippen LogP contribution in [0.2, 0.25) is 0 Å². The van der Waals surface area contributed by atoms with Crippen molar-refractivity contribution in [2.75, 3.05) is 14.2 Å². The Morgan fingerprint density at radius 1 is 1.50 bits per heavy atom. The van der Waals surface area contributed by atoms with Crippen LogP contribution in [0.25, 0.3) is 0 Å². The summed E-state index contributed by atoms with van der Waals surface area (Å²) < 4.78 is 4.90. The van der Waals surface area contributed by atoms with E-state index in [9.17, 15) is 4.79 Å². The second-order valence-electron chi connectivity index (χ2n) is 4.92. The highest BCUT2D eigenvalue weighted by atomic mass is 16.5. The molecule has 0 amide bonds. The van der Waals surface area contributed by atoms with Gasteiger partial charge in [-0.25, -0.2) is 0 Å². The standard InChI is InChI=1S/C13H25NO2/c1-5-6-7-12(13(15)16-4)14(3)10(2)11-8-9-11/h10-12H,5-9H2,1-4H3. The zero-order valence-electron chi connectivity index (χ0n) is 11.0. The van der Waals surface area contributed by atoms with Crippen molar-refractivity contribution in [2.45, 2.75) is 58.0 Å². The summed E-state index contributed by atoms with van der Waals surface area (Å²) in [6.45, 7) is 4.37. The van der Waals surface area contributed by atoms with Crippen molar-refractivity contribution in [1.82, 2.24) is 4.90 Å². The maximum atomic E-state index is 11.7. The summed E-state index contributed by atoms with van der Waals surface area (Å²) >= 11 is 0. The van der Waals surface area contributed by atoms with Crippen LogP contribution < -0.4 is 0 Å². The SMILES string of the molecule is CCCCC(C(=O)OC)N(C)C(C)C1CC1. The van der Waals surface area contributed by atoms with Crippen molar-refractivity contribution < 1.29 is 9.53 Å². The fraction of sp³-hybridized carbons (Fsp3) is 0.923. The molecule has 1 fully saturated rings. The minimum Gasteiger partial charge on any atom is -0.468 e. The molecule has 3 nitrogen and oxygen atoms in total. The fourth-order valence-corrected chi connectivity index (χ4v) is 2.22. The van der Waals surface area contributed by atoms with Crippen LogP contribution in [0.15, 0.2) is 0 Å². The molecule has 0 spiro atoms. The van der Waals surface area contributed by atoms with Gasteiger partial charge in [-0.05, 0) is 39.2 Å². The number of esters is 1. The van der Waals surface area contributed by atoms with E-state index in [-0.39, 0.29) is 12.0 Å². The number of hydrogen-bond acceptors (Lipinski definition) is 3. The van der Waals surface area contributed by atoms with Crippen LogP contribution >= 0.6 is 0 Å². The van der Waals surface area contributed by atoms with E-state index in [1.54, 1.807) is 0 Å². The van der Waals surface area contributed by atoms with Crippen molar-refractivity contribution in [3.8, 4) is 0 Å². The van der Waals surface area contributed by atoms with Gasteiger partial charge in [0.25, 0.3) is 0 Å². The number of unbranched alkanes of at least 4 members (excludes halogenated alkanes) is 1. The van der Waals surface area contributed by atoms with E-state index in [4.69, 9.17) is 4.74 Å². The molecule has 1 aliphatic rings. The largest absolute Gasteiger partial charge is 0.468 e. The van der Waals surface area contributed by atoms with Gasteiger partial charge >= 0.3 is 5.97 Å². The van der Waals surface area contributed by atoms with Gasteiger partial charge in [-0.15, -0.1) is 0 Å². The van der Waals surface area contributed by atoms with E-state index in [0.717, 1.165) is 25.2 Å². The highest BCUT2D eigenvalue weighted by Crippen LogP contribution is 2.35. The number of hydrogen-bond donors (Lipinski definition) is 0. The topological polar surface area (TPSA) is 29.5 Å². The van der Waals surface area contributed by atoms with E-state index in [0.29, 0.717) is 6.04 Å². The molecule has 0 N–H and O–H groups in total. The Labute approximate surface area is 99.1 Å². The van der Waals surface area contributed by atoms with E-state index < -0.39 is 0 Å². The Morgan fingerprint density at radius 2 is 2.12 bits per heavy atom. The lowest BCUT2D eigenvalue weighted by Crippen LogP contribution is -2.45. The number of methoxy groups -OCH3 is 1. The lowest BCUT2D eigenvalue weighted by Gasteiger charge is -2.31. The monoisotopic (exact) mass is 227 g/mol. The number of likely N-dealkylation sites (N-methyl/N-ethyl adjacent to an activating group) is 1. The Bertz CT molecular complexity index is 226. The zero-order valence-corrected chi connectivity index (χ0v) is 11.0. The van der Waals surface area contributed by atoms with Gasteiger partial charge < -0.3 is 4.74 Å². The Balaban J connectivity index is 2.54. The van der Waals surface area contributed by atoms with Gasteiger partial charge in [0.15, 0.2) is 0 Å². The summed E-state index contributed by atoms with van der Waals surface area (Å²) in [5.74, 6) is 0.710. The van der Waals surface area contributed by atoms with Crippen LogP contribution in [-0.4, -0.2) is 37.1 Å². The fourth-order valence-electron chi connectivity index (χ4n) is 2.22. The molecule has 94 valence electrons. The van der Waals surface area contributed by atoms with Gasteiger partial charge in [0.2, 0.25) is 0 Å². The number of carbonyl (C=O) groups is 1. The van der Waals surface area contributed by atoms with Gasteiger partial charge in [0.05, 0.1) is 7.11 Å². The summed E-state index contributed by atoms with van der Waals surface area (Å²) in [6, 6.07) is 0.446. The molecule has 16 heavy (non-hydrogen) atoms. The summed E-state index contributed by atoms with van der Waals surface area (Å²) in [5, 5.41) is 0. The lowest BCUT2D eigenvalue weighted by atomic mass is 10.1. The first-order valence-corrected chi connectivity index (χ1v) is 6.41. The van der Waals surface area contributed by atoms with Gasteiger partial charge in [-0.1, -0.05) is 19.8 Å². The zero-order chi connectivity index (χ0) is 12.1. The van der Waals surface area contributed by atoms with Crippen molar-refractivity contribution in [2.24, 2.45) is 5.92 Å². The van der Waals surface area contributed by atoms with Crippen molar-refractivity contribution in [1.29, 1.82) is 0 Å². The van der Waals surface area contributed by atoms with Crippen LogP contribution in [-0.2, 0) is 9.53 Å². The molecule has 1 saturated carbocycles. The molecule has 0 aromatic rings. The maximum absolute atomic E-state index is 11.7. The maximum Gasteiger partial charge on any atom is 0.323 e. The Kier molecular flexibility index (Phi) is 5.26. The predicted octanol–water partition coefficient (Wildman–Crippen LogP) is 2.45. The number of ether oxygens (including phenoxy) is 1. The molecule has 2 atom stereocenters. The number of carbonyl (C=O) groups excluding carboxylic acids is 1. The van der Waals surface area contributed by atoms with Crippen LogP contribution in [0, 0.1) is 5.92 Å². The molecule has 0 heterocycles. The first-order chi connectivity index (χ1) is 7.61. The Hall–Kier alpha value is -0.570. The molecule has 1 aliphatic carbocycles. The first kappa shape index (κ1) is 13.5. The van der Waals surface area contributed by atoms with Gasteiger partial charge in [-0.3, -0.25) is 9.69 Å². The molecular formula is C13H25NO2. The average molecular weight is 227 g/mol. The third-order valence-electron chi connectivity index (χ3n) is 3.74. The van der Waals surface area contributed by atoms with Crippen molar-refractivity contribution in [3.05, 3.63) is 0 Å². The van der Waals surface area contributed by atoms with E-state index in [1.165, 1.54) is 20.0 Å². The number of rotatable bonds is 7. The van der Waals surface area contributed by atoms with E-state index in [2.05, 4.69) is 25.8 Å². The van der Waals surface area contributed by atoms with Crippen LogP contribution in [0.3, 0.4) is 0 Å². The summed E-state index contributed by atoms with van der Waals surface area (Å²) in [4.78, 5) is 14.0. The van der Waals surface area contributed by atoms with Gasteiger partial charge in [0, 0.05) is 6.04 Å².